The molecule has 5 heavy (non-hydrogen) atoms. The lowest BCUT2D eigenvalue weighted by Gasteiger charge is -1.88. The highest BCUT2D eigenvalue weighted by atomic mass is 35.5. The zero-order valence-corrected chi connectivity index (χ0v) is 4.00. The molecule has 2 N–H and O–H groups in total. The Morgan fingerprint density at radius 1 is 2.00 bits per heavy atom. The van der Waals surface area contributed by atoms with E-state index in [1.165, 1.54) is 0 Å². The minimum atomic E-state index is -0.144. The Hall–Kier alpha value is 0.250. The van der Waals surface area contributed by atoms with Crippen molar-refractivity contribution >= 4 is 11.6 Å². The third kappa shape index (κ3) is 4.25. The molecule has 1 atom stereocenters. The summed E-state index contributed by atoms with van der Waals surface area (Å²) in [7, 11) is 0. The van der Waals surface area contributed by atoms with E-state index in [1.54, 1.807) is 0 Å². The van der Waals surface area contributed by atoms with Crippen LogP contribution < -0.4 is 5.73 Å². The van der Waals surface area contributed by atoms with Crippen LogP contribution in [0.2, 0.25) is 0 Å². The number of halogens is 1. The van der Waals surface area contributed by atoms with Gasteiger partial charge in [0.2, 0.25) is 0 Å². The van der Waals surface area contributed by atoms with Crippen LogP contribution in [0.5, 0.6) is 0 Å². The van der Waals surface area contributed by atoms with E-state index in [1.807, 2.05) is 6.92 Å². The molecule has 0 fully saturated rings. The van der Waals surface area contributed by atoms with Gasteiger partial charge >= 0.3 is 0 Å². The van der Waals surface area contributed by atoms with Crippen molar-refractivity contribution in [3.05, 3.63) is 0 Å². The number of rotatable bonds is 1. The largest absolute Gasteiger partial charge is 0.315 e. The molecule has 0 saturated heterocycles. The van der Waals surface area contributed by atoms with Gasteiger partial charge < -0.3 is 5.73 Å². The maximum Gasteiger partial charge on any atom is 0.0797 e. The van der Waals surface area contributed by atoms with E-state index in [-0.39, 0.29) is 5.50 Å². The van der Waals surface area contributed by atoms with E-state index in [9.17, 15) is 0 Å². The highest BCUT2D eigenvalue weighted by Crippen LogP contribution is 1.87. The Morgan fingerprint density at radius 2 is 2.20 bits per heavy atom. The van der Waals surface area contributed by atoms with Crippen molar-refractivity contribution in [3.8, 4) is 0 Å². The quantitative estimate of drug-likeness (QED) is 0.379. The molecule has 0 saturated carbocycles. The molecule has 0 aliphatic carbocycles. The van der Waals surface area contributed by atoms with Gasteiger partial charge in [0.1, 0.15) is 0 Å². The van der Waals surface area contributed by atoms with E-state index in [0.29, 0.717) is 0 Å². The molecule has 0 amide bonds. The standard InChI is InChI=1S/C3H8ClN/c1-2-3(4)5/h3H,2,5H2,1H3. The van der Waals surface area contributed by atoms with Crippen LogP contribution in [0.15, 0.2) is 0 Å². The molecule has 2 heteroatoms. The van der Waals surface area contributed by atoms with Crippen molar-refractivity contribution in [1.29, 1.82) is 0 Å². The van der Waals surface area contributed by atoms with Crippen LogP contribution in [-0.2, 0) is 0 Å². The Morgan fingerprint density at radius 3 is 2.20 bits per heavy atom. The van der Waals surface area contributed by atoms with Gasteiger partial charge in [0.05, 0.1) is 5.50 Å². The van der Waals surface area contributed by atoms with Gasteiger partial charge in [0.15, 0.2) is 0 Å². The first-order chi connectivity index (χ1) is 2.27. The predicted octanol–water partition coefficient (Wildman–Crippen LogP) is 0.920. The highest BCUT2D eigenvalue weighted by molar-refractivity contribution is 6.20. The fourth-order valence-corrected chi connectivity index (χ4v) is 0. The second kappa shape index (κ2) is 2.49. The van der Waals surface area contributed by atoms with Crippen LogP contribution in [0.25, 0.3) is 0 Å². The lowest BCUT2D eigenvalue weighted by atomic mass is 10.5. The monoisotopic (exact) mass is 93.0 g/mol. The van der Waals surface area contributed by atoms with Crippen molar-refractivity contribution in [3.63, 3.8) is 0 Å². The van der Waals surface area contributed by atoms with Crippen molar-refractivity contribution in [2.45, 2.75) is 18.8 Å². The van der Waals surface area contributed by atoms with Crippen LogP contribution in [0.3, 0.4) is 0 Å². The lowest BCUT2D eigenvalue weighted by molar-refractivity contribution is 0.857. The number of hydrogen-bond acceptors (Lipinski definition) is 1. The van der Waals surface area contributed by atoms with Gasteiger partial charge in [-0.2, -0.15) is 0 Å². The second-order valence-corrected chi connectivity index (χ2v) is 1.48. The van der Waals surface area contributed by atoms with Crippen molar-refractivity contribution in [1.82, 2.24) is 0 Å². The molecule has 0 aliphatic rings. The van der Waals surface area contributed by atoms with Gasteiger partial charge in [0.25, 0.3) is 0 Å². The van der Waals surface area contributed by atoms with Gasteiger partial charge in [-0.05, 0) is 6.42 Å². The smallest absolute Gasteiger partial charge is 0.0797 e. The first-order valence-electron chi connectivity index (χ1n) is 1.67. The van der Waals surface area contributed by atoms with Crippen LogP contribution >= 0.6 is 11.6 Å². The molecular formula is C3H8ClN. The summed E-state index contributed by atoms with van der Waals surface area (Å²) in [4.78, 5) is 0. The Labute approximate surface area is 37.1 Å². The zero-order chi connectivity index (χ0) is 4.28. The molecule has 32 valence electrons. The molecule has 1 nitrogen and oxygen atoms in total. The van der Waals surface area contributed by atoms with Crippen LogP contribution in [0.4, 0.5) is 0 Å². The minimum absolute atomic E-state index is 0.144. The maximum absolute atomic E-state index is 5.24. The maximum atomic E-state index is 5.24. The summed E-state index contributed by atoms with van der Waals surface area (Å²) in [5.74, 6) is 0. The Balaban J connectivity index is 2.54. The average Bonchev–Trinajstić information content (AvgIpc) is 1.38. The summed E-state index contributed by atoms with van der Waals surface area (Å²) >= 11 is 5.24. The summed E-state index contributed by atoms with van der Waals surface area (Å²) in [5, 5.41) is 0. The Bertz CT molecular complexity index is 20.9. The normalized spacial score (nSPS) is 15.0. The van der Waals surface area contributed by atoms with Crippen LogP contribution in [0.1, 0.15) is 13.3 Å². The topological polar surface area (TPSA) is 26.0 Å². The van der Waals surface area contributed by atoms with E-state index in [0.717, 1.165) is 6.42 Å². The molecule has 0 aliphatic heterocycles. The molecular weight excluding hydrogens is 85.5 g/mol. The third-order valence-corrected chi connectivity index (χ3v) is 0.699. The molecule has 0 aromatic rings. The first-order valence-corrected chi connectivity index (χ1v) is 2.10. The van der Waals surface area contributed by atoms with Crippen LogP contribution in [0, 0.1) is 0 Å². The third-order valence-electron chi connectivity index (χ3n) is 0.390. The van der Waals surface area contributed by atoms with Crippen LogP contribution in [-0.4, -0.2) is 5.50 Å². The van der Waals surface area contributed by atoms with E-state index < -0.39 is 0 Å². The van der Waals surface area contributed by atoms with E-state index in [2.05, 4.69) is 0 Å². The van der Waals surface area contributed by atoms with Gasteiger partial charge in [-0.1, -0.05) is 6.92 Å². The van der Waals surface area contributed by atoms with E-state index >= 15 is 0 Å². The first kappa shape index (κ1) is 5.25. The summed E-state index contributed by atoms with van der Waals surface area (Å²) in [6.07, 6.45) is 0.849. The molecule has 0 aromatic carbocycles. The summed E-state index contributed by atoms with van der Waals surface area (Å²) in [6.45, 7) is 1.94. The zero-order valence-electron chi connectivity index (χ0n) is 3.24. The lowest BCUT2D eigenvalue weighted by Crippen LogP contribution is -2.08. The number of hydrogen-bond donors (Lipinski definition) is 1. The highest BCUT2D eigenvalue weighted by Gasteiger charge is 1.82. The summed E-state index contributed by atoms with van der Waals surface area (Å²) in [5.41, 5.74) is 4.91. The average molecular weight is 93.6 g/mol. The SMILES string of the molecule is CCC(N)Cl. The predicted molar refractivity (Wildman–Crippen MR) is 24.1 cm³/mol. The minimum Gasteiger partial charge on any atom is -0.315 e. The molecule has 0 radical (unpaired) electrons. The summed E-state index contributed by atoms with van der Waals surface area (Å²) in [6, 6.07) is 0. The van der Waals surface area contributed by atoms with Gasteiger partial charge in [-0.25, -0.2) is 0 Å². The molecule has 0 rings (SSSR count). The molecule has 0 heterocycles. The summed E-state index contributed by atoms with van der Waals surface area (Å²) < 4.78 is 0. The van der Waals surface area contributed by atoms with Gasteiger partial charge in [-0.3, -0.25) is 0 Å². The molecule has 0 spiro atoms. The molecule has 1 unspecified atom stereocenters. The van der Waals surface area contributed by atoms with Crippen molar-refractivity contribution in [2.75, 3.05) is 0 Å². The fraction of sp³-hybridized carbons (Fsp3) is 1.00. The number of alkyl halides is 1. The number of nitrogens with two attached hydrogens (primary N) is 1. The van der Waals surface area contributed by atoms with Gasteiger partial charge in [0, 0.05) is 0 Å². The van der Waals surface area contributed by atoms with Gasteiger partial charge in [-0.15, -0.1) is 11.6 Å². The van der Waals surface area contributed by atoms with Crippen molar-refractivity contribution < 1.29 is 0 Å². The Kier molecular flexibility index (Phi) is 2.61. The van der Waals surface area contributed by atoms with Crippen molar-refractivity contribution in [2.24, 2.45) is 5.73 Å². The van der Waals surface area contributed by atoms with E-state index in [4.69, 9.17) is 17.3 Å². The molecule has 0 bridgehead atoms. The fourth-order valence-electron chi connectivity index (χ4n) is 0. The molecule has 0 aromatic heterocycles. The second-order valence-electron chi connectivity index (χ2n) is 0.924.